The van der Waals surface area contributed by atoms with Gasteiger partial charge in [-0.05, 0) is 6.42 Å². The molecule has 0 aromatic carbocycles. The zero-order chi connectivity index (χ0) is 5.70. The standard InChI is InChI=1S/C3H4.Cl3HSi/c1-2-3-1;1-4(2)3/h1-2H,3H2;4H. The first-order chi connectivity index (χ1) is 3.23. The summed E-state index contributed by atoms with van der Waals surface area (Å²) in [5, 5.41) is 0. The summed E-state index contributed by atoms with van der Waals surface area (Å²) < 4.78 is 0. The van der Waals surface area contributed by atoms with Gasteiger partial charge in [-0.2, -0.15) is 0 Å². The summed E-state index contributed by atoms with van der Waals surface area (Å²) in [7, 11) is 0. The van der Waals surface area contributed by atoms with Crippen LogP contribution in [0.4, 0.5) is 0 Å². The first kappa shape index (κ1) is 7.83. The molecule has 0 aliphatic heterocycles. The number of allylic oxidation sites excluding steroid dienone is 2. The number of rotatable bonds is 0. The number of hydrogen-bond acceptors (Lipinski definition) is 0. The van der Waals surface area contributed by atoms with Crippen molar-refractivity contribution in [1.82, 2.24) is 0 Å². The molecular weight excluding hydrogens is 170 g/mol. The van der Waals surface area contributed by atoms with Crippen LogP contribution in [0.1, 0.15) is 6.42 Å². The van der Waals surface area contributed by atoms with Gasteiger partial charge in [0.05, 0.1) is 0 Å². The lowest BCUT2D eigenvalue weighted by Crippen LogP contribution is -1.66. The highest BCUT2D eigenvalue weighted by molar-refractivity contribution is 7.54. The fraction of sp³-hybridized carbons (Fsp3) is 0.333. The summed E-state index contributed by atoms with van der Waals surface area (Å²) in [6.07, 6.45) is 5.50. The Balaban J connectivity index is 0.000000105. The molecule has 0 amide bonds. The van der Waals surface area contributed by atoms with Crippen molar-refractivity contribution < 1.29 is 0 Å². The van der Waals surface area contributed by atoms with Gasteiger partial charge >= 0.3 is 6.73 Å². The predicted molar refractivity (Wildman–Crippen MR) is 38.5 cm³/mol. The molecule has 0 aromatic heterocycles. The van der Waals surface area contributed by atoms with Crippen molar-refractivity contribution in [2.24, 2.45) is 0 Å². The molecule has 1 aliphatic carbocycles. The van der Waals surface area contributed by atoms with Crippen LogP contribution in [0.5, 0.6) is 0 Å². The Morgan fingerprint density at radius 3 is 1.29 bits per heavy atom. The normalized spacial score (nSPS) is 13.1. The van der Waals surface area contributed by atoms with Crippen molar-refractivity contribution in [1.29, 1.82) is 0 Å². The van der Waals surface area contributed by atoms with Gasteiger partial charge in [0.15, 0.2) is 0 Å². The summed E-state index contributed by atoms with van der Waals surface area (Å²) >= 11 is 14.8. The van der Waals surface area contributed by atoms with E-state index in [0.717, 1.165) is 0 Å². The molecule has 0 radical (unpaired) electrons. The van der Waals surface area contributed by atoms with E-state index in [1.807, 2.05) is 0 Å². The zero-order valence-corrected chi connectivity index (χ0v) is 7.00. The van der Waals surface area contributed by atoms with Crippen LogP contribution in [-0.4, -0.2) is 6.73 Å². The van der Waals surface area contributed by atoms with Crippen LogP contribution in [0.25, 0.3) is 0 Å². The highest BCUT2D eigenvalue weighted by Crippen LogP contribution is 1.97. The molecule has 0 atom stereocenters. The largest absolute Gasteiger partial charge is 0.326 e. The van der Waals surface area contributed by atoms with Gasteiger partial charge in [0.1, 0.15) is 0 Å². The van der Waals surface area contributed by atoms with Crippen molar-refractivity contribution in [3.63, 3.8) is 0 Å². The van der Waals surface area contributed by atoms with Gasteiger partial charge in [-0.15, -0.1) is 33.2 Å². The summed E-state index contributed by atoms with van der Waals surface area (Å²) in [4.78, 5) is 0. The van der Waals surface area contributed by atoms with Crippen molar-refractivity contribution in [3.05, 3.63) is 12.2 Å². The summed E-state index contributed by atoms with van der Waals surface area (Å²) in [5.74, 6) is 0. The minimum atomic E-state index is -1.72. The van der Waals surface area contributed by atoms with Gasteiger partial charge in [0.2, 0.25) is 0 Å². The van der Waals surface area contributed by atoms with E-state index in [4.69, 9.17) is 33.2 Å². The molecule has 0 aromatic rings. The lowest BCUT2D eigenvalue weighted by Gasteiger charge is -1.65. The Morgan fingerprint density at radius 1 is 1.14 bits per heavy atom. The average Bonchev–Trinajstić information content (AvgIpc) is 2.02. The summed E-state index contributed by atoms with van der Waals surface area (Å²) in [6.45, 7) is -1.72. The van der Waals surface area contributed by atoms with Crippen LogP contribution in [-0.2, 0) is 0 Å². The Kier molecular flexibility index (Phi) is 5.56. The maximum atomic E-state index is 4.94. The molecule has 0 nitrogen and oxygen atoms in total. The third-order valence-electron chi connectivity index (χ3n) is 0.236. The summed E-state index contributed by atoms with van der Waals surface area (Å²) in [5.41, 5.74) is 0. The lowest BCUT2D eigenvalue weighted by molar-refractivity contribution is 1.71. The van der Waals surface area contributed by atoms with Crippen LogP contribution in [0.15, 0.2) is 12.2 Å². The van der Waals surface area contributed by atoms with Crippen LogP contribution in [0.3, 0.4) is 0 Å². The fourth-order valence-corrected chi connectivity index (χ4v) is 0. The second-order valence-electron chi connectivity index (χ2n) is 0.955. The highest BCUT2D eigenvalue weighted by atomic mass is 35.8. The van der Waals surface area contributed by atoms with Crippen molar-refractivity contribution in [2.45, 2.75) is 6.42 Å². The highest BCUT2D eigenvalue weighted by Gasteiger charge is 1.85. The minimum Gasteiger partial charge on any atom is -0.130 e. The number of halogens is 3. The van der Waals surface area contributed by atoms with E-state index >= 15 is 0 Å². The van der Waals surface area contributed by atoms with Crippen molar-refractivity contribution in [2.75, 3.05) is 0 Å². The first-order valence-corrected chi connectivity index (χ1v) is 7.04. The molecular formula is C3H5Cl3Si. The molecule has 4 heteroatoms. The molecule has 0 saturated heterocycles. The Labute approximate surface area is 58.8 Å². The maximum absolute atomic E-state index is 4.94. The van der Waals surface area contributed by atoms with Gasteiger partial charge in [0.25, 0.3) is 0 Å². The molecule has 42 valence electrons. The van der Waals surface area contributed by atoms with Gasteiger partial charge in [-0.3, -0.25) is 0 Å². The molecule has 0 heterocycles. The molecule has 0 bridgehead atoms. The van der Waals surface area contributed by atoms with Crippen LogP contribution in [0.2, 0.25) is 0 Å². The van der Waals surface area contributed by atoms with E-state index in [-0.39, 0.29) is 0 Å². The maximum Gasteiger partial charge on any atom is 0.326 e. The molecule has 0 N–H and O–H groups in total. The Morgan fingerprint density at radius 2 is 1.29 bits per heavy atom. The second kappa shape index (κ2) is 4.97. The van der Waals surface area contributed by atoms with E-state index < -0.39 is 6.73 Å². The molecule has 1 aliphatic rings. The van der Waals surface area contributed by atoms with Crippen LogP contribution < -0.4 is 0 Å². The van der Waals surface area contributed by atoms with Crippen LogP contribution >= 0.6 is 33.2 Å². The predicted octanol–water partition coefficient (Wildman–Crippen LogP) is 2.37. The Hall–Kier alpha value is 0.827. The third-order valence-corrected chi connectivity index (χ3v) is 0.236. The molecule has 7 heavy (non-hydrogen) atoms. The smallest absolute Gasteiger partial charge is 0.130 e. The van der Waals surface area contributed by atoms with Crippen molar-refractivity contribution in [3.8, 4) is 0 Å². The lowest BCUT2D eigenvalue weighted by atomic mass is 10.9. The van der Waals surface area contributed by atoms with E-state index in [2.05, 4.69) is 12.2 Å². The van der Waals surface area contributed by atoms with Gasteiger partial charge in [0, 0.05) is 0 Å². The fourth-order valence-electron chi connectivity index (χ4n) is 0. The van der Waals surface area contributed by atoms with E-state index in [0.29, 0.717) is 0 Å². The van der Waals surface area contributed by atoms with Gasteiger partial charge in [-0.25, -0.2) is 0 Å². The molecule has 0 unspecified atom stereocenters. The zero-order valence-electron chi connectivity index (χ0n) is 3.57. The average molecular weight is 176 g/mol. The second-order valence-corrected chi connectivity index (χ2v) is 7.39. The monoisotopic (exact) mass is 174 g/mol. The SMILES string of the molecule is C1=CC1.Cl[SiH](Cl)Cl. The van der Waals surface area contributed by atoms with E-state index in [1.165, 1.54) is 6.42 Å². The molecule has 0 saturated carbocycles. The van der Waals surface area contributed by atoms with Gasteiger partial charge in [-0.1, -0.05) is 12.2 Å². The topological polar surface area (TPSA) is 0 Å². The quantitative estimate of drug-likeness (QED) is 0.301. The molecule has 0 spiro atoms. The van der Waals surface area contributed by atoms with E-state index in [9.17, 15) is 0 Å². The summed E-state index contributed by atoms with van der Waals surface area (Å²) in [6, 6.07) is 0. The van der Waals surface area contributed by atoms with E-state index in [1.54, 1.807) is 0 Å². The number of hydrogen-bond donors (Lipinski definition) is 0. The molecule has 0 fully saturated rings. The minimum absolute atomic E-state index is 1.25. The Bertz CT molecular complexity index is 54.4. The third kappa shape index (κ3) is 47.7. The first-order valence-electron chi connectivity index (χ1n) is 1.80. The van der Waals surface area contributed by atoms with Gasteiger partial charge < -0.3 is 0 Å². The molecule has 1 rings (SSSR count). The van der Waals surface area contributed by atoms with Crippen molar-refractivity contribution >= 4 is 40.0 Å². The van der Waals surface area contributed by atoms with Crippen LogP contribution in [0, 0.1) is 0 Å².